The lowest BCUT2D eigenvalue weighted by molar-refractivity contribution is -0.145. The summed E-state index contributed by atoms with van der Waals surface area (Å²) >= 11 is 0. The minimum absolute atomic E-state index is 0.135. The van der Waals surface area contributed by atoms with Crippen LogP contribution in [-0.4, -0.2) is 25.7 Å². The topological polar surface area (TPSA) is 38.3 Å². The zero-order valence-corrected chi connectivity index (χ0v) is 9.92. The molecule has 1 atom stereocenters. The third kappa shape index (κ3) is 7.14. The number of hydrogen-bond donors (Lipinski definition) is 1. The number of likely N-dealkylation sites (N-methyl/N-ethyl adjacent to an activating group) is 1. The molecule has 0 unspecified atom stereocenters. The second-order valence-corrected chi connectivity index (χ2v) is 3.52. The highest BCUT2D eigenvalue weighted by Gasteiger charge is 2.16. The van der Waals surface area contributed by atoms with Crippen LogP contribution in [0, 0.1) is 0 Å². The van der Waals surface area contributed by atoms with Crippen LogP contribution in [0.25, 0.3) is 0 Å². The molecule has 0 bridgehead atoms. The van der Waals surface area contributed by atoms with Crippen molar-refractivity contribution in [2.24, 2.45) is 0 Å². The van der Waals surface area contributed by atoms with Crippen LogP contribution < -0.4 is 5.32 Å². The first-order valence-electron chi connectivity index (χ1n) is 5.71. The fourth-order valence-corrected chi connectivity index (χ4v) is 1.44. The molecule has 3 heteroatoms. The number of ether oxygens (including phenoxy) is 1. The summed E-state index contributed by atoms with van der Waals surface area (Å²) in [5.74, 6) is -0.135. The van der Waals surface area contributed by atoms with Gasteiger partial charge < -0.3 is 10.1 Å². The Morgan fingerprint density at radius 3 is 2.73 bits per heavy atom. The third-order valence-corrected chi connectivity index (χ3v) is 2.32. The summed E-state index contributed by atoms with van der Waals surface area (Å²) in [6.07, 6.45) is 7.20. The van der Waals surface area contributed by atoms with E-state index in [4.69, 9.17) is 4.74 Å². The van der Waals surface area contributed by atoms with Gasteiger partial charge in [-0.2, -0.15) is 0 Å². The number of unbranched alkanes of at least 4 members (excludes halogenated alkanes) is 3. The largest absolute Gasteiger partial charge is 0.465 e. The molecule has 3 nitrogen and oxygen atoms in total. The van der Waals surface area contributed by atoms with E-state index < -0.39 is 0 Å². The minimum atomic E-state index is -0.145. The standard InChI is InChI=1S/C12H23NO2/c1-4-6-7-8-9-10-11(13-3)12(14)15-5-2/h4,11,13H,1,5-10H2,2-3H3/t11-/m0/s1. The van der Waals surface area contributed by atoms with E-state index in [1.807, 2.05) is 13.0 Å². The maximum absolute atomic E-state index is 11.4. The molecule has 0 rings (SSSR count). The Morgan fingerprint density at radius 1 is 1.47 bits per heavy atom. The van der Waals surface area contributed by atoms with Crippen molar-refractivity contribution in [3.63, 3.8) is 0 Å². The molecule has 0 saturated heterocycles. The van der Waals surface area contributed by atoms with E-state index in [-0.39, 0.29) is 12.0 Å². The summed E-state index contributed by atoms with van der Waals surface area (Å²) in [6.45, 7) is 5.96. The minimum Gasteiger partial charge on any atom is -0.465 e. The Labute approximate surface area is 92.9 Å². The van der Waals surface area contributed by atoms with Crippen LogP contribution in [0.1, 0.15) is 39.0 Å². The molecule has 0 aromatic heterocycles. The lowest BCUT2D eigenvalue weighted by Crippen LogP contribution is -2.35. The third-order valence-electron chi connectivity index (χ3n) is 2.32. The quantitative estimate of drug-likeness (QED) is 0.363. The van der Waals surface area contributed by atoms with E-state index in [1.54, 1.807) is 7.05 Å². The summed E-state index contributed by atoms with van der Waals surface area (Å²) in [7, 11) is 1.80. The van der Waals surface area contributed by atoms with Crippen LogP contribution in [0.2, 0.25) is 0 Å². The summed E-state index contributed by atoms with van der Waals surface area (Å²) in [5, 5.41) is 2.98. The van der Waals surface area contributed by atoms with Gasteiger partial charge in [0.15, 0.2) is 0 Å². The molecule has 0 aliphatic rings. The molecular weight excluding hydrogens is 190 g/mol. The van der Waals surface area contributed by atoms with Crippen LogP contribution in [0.15, 0.2) is 12.7 Å². The fraction of sp³-hybridized carbons (Fsp3) is 0.750. The second-order valence-electron chi connectivity index (χ2n) is 3.52. The van der Waals surface area contributed by atoms with Crippen molar-refractivity contribution in [3.8, 4) is 0 Å². The molecule has 0 saturated carbocycles. The maximum Gasteiger partial charge on any atom is 0.323 e. The van der Waals surface area contributed by atoms with Crippen LogP contribution >= 0.6 is 0 Å². The zero-order valence-electron chi connectivity index (χ0n) is 9.92. The van der Waals surface area contributed by atoms with Crippen molar-refractivity contribution in [3.05, 3.63) is 12.7 Å². The van der Waals surface area contributed by atoms with E-state index in [1.165, 1.54) is 0 Å². The Bertz CT molecular complexity index is 180. The molecule has 0 aliphatic heterocycles. The van der Waals surface area contributed by atoms with Gasteiger partial charge in [0.1, 0.15) is 6.04 Å². The Kier molecular flexibility index (Phi) is 9.18. The molecule has 0 fully saturated rings. The number of nitrogens with one attached hydrogen (secondary N) is 1. The SMILES string of the molecule is C=CCCCCC[C@H](NC)C(=O)OCC. The summed E-state index contributed by atoms with van der Waals surface area (Å²) in [5.41, 5.74) is 0. The number of carbonyl (C=O) groups is 1. The summed E-state index contributed by atoms with van der Waals surface area (Å²) < 4.78 is 4.96. The highest BCUT2D eigenvalue weighted by atomic mass is 16.5. The van der Waals surface area contributed by atoms with E-state index in [0.717, 1.165) is 32.1 Å². The monoisotopic (exact) mass is 213 g/mol. The molecule has 0 radical (unpaired) electrons. The van der Waals surface area contributed by atoms with Crippen molar-refractivity contribution in [1.82, 2.24) is 5.32 Å². The van der Waals surface area contributed by atoms with Gasteiger partial charge in [0, 0.05) is 0 Å². The van der Waals surface area contributed by atoms with Crippen molar-refractivity contribution in [2.75, 3.05) is 13.7 Å². The van der Waals surface area contributed by atoms with Crippen molar-refractivity contribution >= 4 is 5.97 Å². The lowest BCUT2D eigenvalue weighted by atomic mass is 10.1. The molecule has 0 aromatic carbocycles. The Balaban J connectivity index is 3.60. The fourth-order valence-electron chi connectivity index (χ4n) is 1.44. The van der Waals surface area contributed by atoms with Gasteiger partial charge >= 0.3 is 5.97 Å². The van der Waals surface area contributed by atoms with Gasteiger partial charge in [-0.25, -0.2) is 0 Å². The average Bonchev–Trinajstić information content (AvgIpc) is 2.23. The second kappa shape index (κ2) is 9.71. The van der Waals surface area contributed by atoms with Crippen molar-refractivity contribution in [2.45, 2.75) is 45.1 Å². The zero-order chi connectivity index (χ0) is 11.5. The number of rotatable bonds is 9. The van der Waals surface area contributed by atoms with Gasteiger partial charge in [-0.05, 0) is 33.2 Å². The molecule has 88 valence electrons. The maximum atomic E-state index is 11.4. The molecule has 0 spiro atoms. The highest BCUT2D eigenvalue weighted by Crippen LogP contribution is 2.07. The highest BCUT2D eigenvalue weighted by molar-refractivity contribution is 5.75. The summed E-state index contributed by atoms with van der Waals surface area (Å²) in [4.78, 5) is 11.4. The Hall–Kier alpha value is -0.830. The van der Waals surface area contributed by atoms with Crippen molar-refractivity contribution in [1.29, 1.82) is 0 Å². The number of allylic oxidation sites excluding steroid dienone is 1. The molecule has 15 heavy (non-hydrogen) atoms. The van der Waals surface area contributed by atoms with Gasteiger partial charge in [0.05, 0.1) is 6.61 Å². The first-order valence-corrected chi connectivity index (χ1v) is 5.71. The van der Waals surface area contributed by atoms with Gasteiger partial charge in [-0.1, -0.05) is 18.9 Å². The number of esters is 1. The van der Waals surface area contributed by atoms with Gasteiger partial charge in [-0.3, -0.25) is 4.79 Å². The van der Waals surface area contributed by atoms with E-state index in [9.17, 15) is 4.79 Å². The predicted octanol–water partition coefficient (Wildman–Crippen LogP) is 2.27. The molecule has 1 N–H and O–H groups in total. The first-order chi connectivity index (χ1) is 7.26. The Morgan fingerprint density at radius 2 is 2.20 bits per heavy atom. The smallest absolute Gasteiger partial charge is 0.323 e. The lowest BCUT2D eigenvalue weighted by Gasteiger charge is -2.14. The van der Waals surface area contributed by atoms with E-state index in [2.05, 4.69) is 11.9 Å². The molecule has 0 heterocycles. The molecule has 0 aliphatic carbocycles. The van der Waals surface area contributed by atoms with E-state index >= 15 is 0 Å². The number of carbonyl (C=O) groups excluding carboxylic acids is 1. The molecule has 0 aromatic rings. The first kappa shape index (κ1) is 14.2. The molecule has 0 amide bonds. The summed E-state index contributed by atoms with van der Waals surface area (Å²) in [6, 6.07) is -0.145. The van der Waals surface area contributed by atoms with Gasteiger partial charge in [-0.15, -0.1) is 6.58 Å². The van der Waals surface area contributed by atoms with Crippen LogP contribution in [0.4, 0.5) is 0 Å². The van der Waals surface area contributed by atoms with Crippen molar-refractivity contribution < 1.29 is 9.53 Å². The van der Waals surface area contributed by atoms with E-state index in [0.29, 0.717) is 6.61 Å². The predicted molar refractivity (Wildman–Crippen MR) is 62.8 cm³/mol. The van der Waals surface area contributed by atoms with Gasteiger partial charge in [0.25, 0.3) is 0 Å². The number of hydrogen-bond acceptors (Lipinski definition) is 3. The normalized spacial score (nSPS) is 12.1. The van der Waals surface area contributed by atoms with Crippen LogP contribution in [-0.2, 0) is 9.53 Å². The van der Waals surface area contributed by atoms with Crippen LogP contribution in [0.5, 0.6) is 0 Å². The molecular formula is C12H23NO2. The average molecular weight is 213 g/mol. The van der Waals surface area contributed by atoms with Crippen LogP contribution in [0.3, 0.4) is 0 Å². The van der Waals surface area contributed by atoms with Gasteiger partial charge in [0.2, 0.25) is 0 Å².